The Kier molecular flexibility index (Phi) is 3.93. The normalized spacial score (nSPS) is 12.5. The Hall–Kier alpha value is -3.08. The van der Waals surface area contributed by atoms with Gasteiger partial charge in [-0.1, -0.05) is 72.8 Å². The first-order valence-corrected chi connectivity index (χ1v) is 9.58. The Morgan fingerprint density at radius 1 is 0.778 bits per heavy atom. The number of rotatable bonds is 3. The van der Waals surface area contributed by atoms with Gasteiger partial charge in [-0.2, -0.15) is 0 Å². The van der Waals surface area contributed by atoms with Gasteiger partial charge in [0.2, 0.25) is 0 Å². The van der Waals surface area contributed by atoms with Gasteiger partial charge >= 0.3 is 0 Å². The number of hydrogen-bond acceptors (Lipinski definition) is 4. The van der Waals surface area contributed by atoms with E-state index in [-0.39, 0.29) is 0 Å². The summed E-state index contributed by atoms with van der Waals surface area (Å²) in [5.41, 5.74) is 2.65. The van der Waals surface area contributed by atoms with Gasteiger partial charge in [-0.25, -0.2) is 9.97 Å². The third-order valence-electron chi connectivity index (χ3n) is 4.80. The summed E-state index contributed by atoms with van der Waals surface area (Å²) in [6, 6.07) is 26.4. The summed E-state index contributed by atoms with van der Waals surface area (Å²) in [5.74, 6) is 0. The standard InChI is InChI=1S/C23H16N2OS/c26-22(18-12-6-10-15-7-4-5-11-17(15)18)21-19-13-20(16-8-2-1-3-9-16)27-23(19)25-14-24-21/h1-14,22,26H. The van der Waals surface area contributed by atoms with Gasteiger partial charge in [-0.15, -0.1) is 11.3 Å². The summed E-state index contributed by atoms with van der Waals surface area (Å²) in [5, 5.41) is 14.2. The van der Waals surface area contributed by atoms with Crippen molar-refractivity contribution in [2.75, 3.05) is 0 Å². The quantitative estimate of drug-likeness (QED) is 0.451. The van der Waals surface area contributed by atoms with Gasteiger partial charge in [0.25, 0.3) is 0 Å². The summed E-state index contributed by atoms with van der Waals surface area (Å²) in [7, 11) is 0. The summed E-state index contributed by atoms with van der Waals surface area (Å²) in [4.78, 5) is 10.9. The minimum atomic E-state index is -0.806. The molecule has 2 aromatic heterocycles. The fourth-order valence-corrected chi connectivity index (χ4v) is 4.48. The fraction of sp³-hybridized carbons (Fsp3) is 0.0435. The summed E-state index contributed by atoms with van der Waals surface area (Å²) >= 11 is 1.62. The molecule has 4 heteroatoms. The zero-order chi connectivity index (χ0) is 18.2. The largest absolute Gasteiger partial charge is 0.382 e. The first-order chi connectivity index (χ1) is 13.3. The predicted octanol–water partition coefficient (Wildman–Crippen LogP) is 5.59. The van der Waals surface area contributed by atoms with Crippen LogP contribution in [0.5, 0.6) is 0 Å². The van der Waals surface area contributed by atoms with Gasteiger partial charge in [0, 0.05) is 10.3 Å². The van der Waals surface area contributed by atoms with Crippen LogP contribution in [0.15, 0.2) is 85.2 Å². The second-order valence-electron chi connectivity index (χ2n) is 6.43. The summed E-state index contributed by atoms with van der Waals surface area (Å²) < 4.78 is 0. The van der Waals surface area contributed by atoms with E-state index in [1.54, 1.807) is 11.3 Å². The number of aliphatic hydroxyl groups is 1. The molecule has 0 spiro atoms. The number of fused-ring (bicyclic) bond motifs is 2. The first kappa shape index (κ1) is 16.1. The second kappa shape index (κ2) is 6.58. The van der Waals surface area contributed by atoms with Crippen molar-refractivity contribution in [3.05, 3.63) is 96.4 Å². The van der Waals surface area contributed by atoms with E-state index < -0.39 is 6.10 Å². The molecule has 0 fully saturated rings. The molecule has 3 aromatic carbocycles. The molecule has 1 atom stereocenters. The van der Waals surface area contributed by atoms with Crippen LogP contribution in [-0.2, 0) is 0 Å². The minimum absolute atomic E-state index is 0.648. The first-order valence-electron chi connectivity index (χ1n) is 8.77. The molecule has 0 aliphatic heterocycles. The van der Waals surface area contributed by atoms with Crippen LogP contribution in [0.3, 0.4) is 0 Å². The lowest BCUT2D eigenvalue weighted by Crippen LogP contribution is -2.04. The molecule has 1 N–H and O–H groups in total. The van der Waals surface area contributed by atoms with Crippen molar-refractivity contribution in [1.29, 1.82) is 0 Å². The molecule has 27 heavy (non-hydrogen) atoms. The van der Waals surface area contributed by atoms with Crippen LogP contribution in [0.25, 0.3) is 31.4 Å². The maximum Gasteiger partial charge on any atom is 0.127 e. The lowest BCUT2D eigenvalue weighted by atomic mass is 9.97. The molecule has 0 bridgehead atoms. The fourth-order valence-electron chi connectivity index (χ4n) is 3.47. The molecule has 5 aromatic rings. The average Bonchev–Trinajstić information content (AvgIpc) is 3.18. The van der Waals surface area contributed by atoms with Crippen molar-refractivity contribution >= 4 is 32.3 Å². The highest BCUT2D eigenvalue weighted by Gasteiger charge is 2.19. The van der Waals surface area contributed by atoms with Crippen LogP contribution in [0.4, 0.5) is 0 Å². The van der Waals surface area contributed by atoms with Crippen molar-refractivity contribution in [3.8, 4) is 10.4 Å². The molecule has 1 unspecified atom stereocenters. The third-order valence-corrected chi connectivity index (χ3v) is 5.89. The topological polar surface area (TPSA) is 46.0 Å². The van der Waals surface area contributed by atoms with E-state index in [9.17, 15) is 5.11 Å². The third kappa shape index (κ3) is 2.79. The Bertz CT molecular complexity index is 1240. The highest BCUT2D eigenvalue weighted by atomic mass is 32.1. The molecule has 0 saturated carbocycles. The molecule has 0 radical (unpaired) electrons. The van der Waals surface area contributed by atoms with E-state index in [0.29, 0.717) is 5.69 Å². The van der Waals surface area contributed by atoms with Gasteiger partial charge in [-0.05, 0) is 28.0 Å². The zero-order valence-electron chi connectivity index (χ0n) is 14.4. The van der Waals surface area contributed by atoms with Crippen LogP contribution in [-0.4, -0.2) is 15.1 Å². The molecule has 5 rings (SSSR count). The molecular formula is C23H16N2OS. The molecule has 3 nitrogen and oxygen atoms in total. The molecule has 0 aliphatic carbocycles. The number of aliphatic hydroxyl groups excluding tert-OH is 1. The Balaban J connectivity index is 1.67. The van der Waals surface area contributed by atoms with E-state index >= 15 is 0 Å². The molecule has 0 amide bonds. The van der Waals surface area contributed by atoms with Crippen LogP contribution in [0.1, 0.15) is 17.4 Å². The van der Waals surface area contributed by atoms with Crippen LogP contribution in [0, 0.1) is 0 Å². The molecule has 130 valence electrons. The van der Waals surface area contributed by atoms with Crippen molar-refractivity contribution in [1.82, 2.24) is 9.97 Å². The van der Waals surface area contributed by atoms with Crippen LogP contribution in [0.2, 0.25) is 0 Å². The Morgan fingerprint density at radius 3 is 2.44 bits per heavy atom. The maximum absolute atomic E-state index is 11.2. The van der Waals surface area contributed by atoms with Crippen molar-refractivity contribution in [2.24, 2.45) is 0 Å². The highest BCUT2D eigenvalue weighted by molar-refractivity contribution is 7.21. The highest BCUT2D eigenvalue weighted by Crippen LogP contribution is 2.37. The average molecular weight is 368 g/mol. The Morgan fingerprint density at radius 2 is 1.56 bits per heavy atom. The van der Waals surface area contributed by atoms with Crippen molar-refractivity contribution < 1.29 is 5.11 Å². The number of aromatic nitrogens is 2. The summed E-state index contributed by atoms with van der Waals surface area (Å²) in [6.07, 6.45) is 0.733. The number of benzene rings is 3. The van der Waals surface area contributed by atoms with Crippen LogP contribution >= 0.6 is 11.3 Å². The van der Waals surface area contributed by atoms with E-state index in [0.717, 1.165) is 37.0 Å². The Labute approximate surface area is 160 Å². The predicted molar refractivity (Wildman–Crippen MR) is 111 cm³/mol. The lowest BCUT2D eigenvalue weighted by molar-refractivity contribution is 0.218. The van der Waals surface area contributed by atoms with E-state index in [1.807, 2.05) is 48.5 Å². The van der Waals surface area contributed by atoms with Gasteiger partial charge in [0.05, 0.1) is 5.69 Å². The minimum Gasteiger partial charge on any atom is -0.382 e. The van der Waals surface area contributed by atoms with E-state index in [1.165, 1.54) is 6.33 Å². The van der Waals surface area contributed by atoms with Crippen molar-refractivity contribution in [3.63, 3.8) is 0 Å². The zero-order valence-corrected chi connectivity index (χ0v) is 15.2. The summed E-state index contributed by atoms with van der Waals surface area (Å²) in [6.45, 7) is 0. The molecule has 0 aliphatic rings. The molecule has 0 saturated heterocycles. The number of thiophene rings is 1. The smallest absolute Gasteiger partial charge is 0.127 e. The van der Waals surface area contributed by atoms with E-state index in [2.05, 4.69) is 40.3 Å². The van der Waals surface area contributed by atoms with Gasteiger partial charge in [0.15, 0.2) is 0 Å². The maximum atomic E-state index is 11.2. The van der Waals surface area contributed by atoms with E-state index in [4.69, 9.17) is 0 Å². The van der Waals surface area contributed by atoms with Gasteiger partial charge in [-0.3, -0.25) is 0 Å². The van der Waals surface area contributed by atoms with Crippen LogP contribution < -0.4 is 0 Å². The SMILES string of the molecule is OC(c1cccc2ccccc12)c1ncnc2sc(-c3ccccc3)cc12. The molecular weight excluding hydrogens is 352 g/mol. The van der Waals surface area contributed by atoms with Gasteiger partial charge < -0.3 is 5.11 Å². The second-order valence-corrected chi connectivity index (χ2v) is 7.46. The van der Waals surface area contributed by atoms with Crippen molar-refractivity contribution in [2.45, 2.75) is 6.10 Å². The number of hydrogen-bond donors (Lipinski definition) is 1. The van der Waals surface area contributed by atoms with Gasteiger partial charge in [0.1, 0.15) is 17.3 Å². The lowest BCUT2D eigenvalue weighted by Gasteiger charge is -2.14. The monoisotopic (exact) mass is 368 g/mol. The number of nitrogens with zero attached hydrogens (tertiary/aromatic N) is 2. The molecule has 2 heterocycles.